The van der Waals surface area contributed by atoms with E-state index >= 15 is 0 Å². The Morgan fingerprint density at radius 3 is 2.57 bits per heavy atom. The summed E-state index contributed by atoms with van der Waals surface area (Å²) in [5.74, 6) is 0. The highest BCUT2D eigenvalue weighted by atomic mass is 32.1. The maximum atomic E-state index is 10.4. The average molecular weight is 209 g/mol. The Morgan fingerprint density at radius 2 is 2.07 bits per heavy atom. The van der Waals surface area contributed by atoms with Crippen molar-refractivity contribution < 1.29 is 4.92 Å². The Morgan fingerprint density at radius 1 is 1.43 bits per heavy atom. The minimum atomic E-state index is -0.449. The summed E-state index contributed by atoms with van der Waals surface area (Å²) in [6, 6.07) is 3.75. The third-order valence-electron chi connectivity index (χ3n) is 1.94. The zero-order chi connectivity index (χ0) is 10.7. The van der Waals surface area contributed by atoms with Gasteiger partial charge in [-0.25, -0.2) is 0 Å². The normalized spacial score (nSPS) is 13.4. The molecule has 0 saturated carbocycles. The van der Waals surface area contributed by atoms with Gasteiger partial charge in [0.15, 0.2) is 0 Å². The number of nitro groups is 1. The van der Waals surface area contributed by atoms with Crippen LogP contribution >= 0.6 is 12.6 Å². The lowest BCUT2D eigenvalue weighted by molar-refractivity contribution is -0.363. The Labute approximate surface area is 87.3 Å². The van der Waals surface area contributed by atoms with Crippen LogP contribution in [0.2, 0.25) is 0 Å². The van der Waals surface area contributed by atoms with Crippen LogP contribution in [-0.4, -0.2) is 4.92 Å². The van der Waals surface area contributed by atoms with Gasteiger partial charge in [-0.05, 0) is 36.1 Å². The summed E-state index contributed by atoms with van der Waals surface area (Å²) in [4.78, 5) is 9.92. The van der Waals surface area contributed by atoms with Crippen LogP contribution in [0.3, 0.4) is 0 Å². The van der Waals surface area contributed by atoms with Gasteiger partial charge in [0.25, 0.3) is 0 Å². The van der Waals surface area contributed by atoms with E-state index in [9.17, 15) is 10.1 Å². The molecule has 1 aromatic carbocycles. The van der Waals surface area contributed by atoms with Gasteiger partial charge in [0.2, 0.25) is 6.20 Å². The molecule has 0 aliphatic heterocycles. The van der Waals surface area contributed by atoms with Crippen molar-refractivity contribution >= 4 is 24.2 Å². The zero-order valence-corrected chi connectivity index (χ0v) is 8.91. The lowest BCUT2D eigenvalue weighted by Crippen LogP contribution is -2.28. The van der Waals surface area contributed by atoms with Gasteiger partial charge < -0.3 is 0 Å². The molecule has 0 bridgehead atoms. The smallest absolute Gasteiger partial charge is 0.242 e. The average Bonchev–Trinajstić information content (AvgIpc) is 2.01. The van der Waals surface area contributed by atoms with Gasteiger partial charge in [-0.3, -0.25) is 10.1 Å². The second-order valence-corrected chi connectivity index (χ2v) is 3.39. The van der Waals surface area contributed by atoms with Gasteiger partial charge in [0.1, 0.15) is 0 Å². The van der Waals surface area contributed by atoms with Gasteiger partial charge in [-0.2, -0.15) is 12.6 Å². The molecule has 0 fully saturated rings. The molecular formula is C10H11NO2S. The Kier molecular flexibility index (Phi) is 3.30. The standard InChI is InChI=1S/C10H11NO2S/c1-7-3-8(2)10(6-14)9(4-7)5-11(12)13/h3-6,14H,1-2H3/b9-5+,10-6+. The largest absolute Gasteiger partial charge is 0.259 e. The first kappa shape index (κ1) is 10.8. The van der Waals surface area contributed by atoms with E-state index in [4.69, 9.17) is 0 Å². The molecule has 1 rings (SSSR count). The minimum Gasteiger partial charge on any atom is -0.259 e. The van der Waals surface area contributed by atoms with Crippen molar-refractivity contribution in [3.63, 3.8) is 0 Å². The van der Waals surface area contributed by atoms with Crippen LogP contribution in [0.1, 0.15) is 11.1 Å². The lowest BCUT2D eigenvalue weighted by Gasteiger charge is -1.97. The van der Waals surface area contributed by atoms with Crippen molar-refractivity contribution in [2.24, 2.45) is 0 Å². The predicted molar refractivity (Wildman–Crippen MR) is 60.1 cm³/mol. The Bertz CT molecular complexity index is 480. The summed E-state index contributed by atoms with van der Waals surface area (Å²) >= 11 is 4.04. The number of rotatable bonds is 1. The summed E-state index contributed by atoms with van der Waals surface area (Å²) in [6.45, 7) is 3.82. The SMILES string of the molecule is Cc1cc(C)c(=C\S)/c(=C/[N+](=O)[O-])c1. The highest BCUT2D eigenvalue weighted by Crippen LogP contribution is 1.93. The van der Waals surface area contributed by atoms with E-state index in [2.05, 4.69) is 12.6 Å². The summed E-state index contributed by atoms with van der Waals surface area (Å²) < 4.78 is 0. The monoisotopic (exact) mass is 209 g/mol. The summed E-state index contributed by atoms with van der Waals surface area (Å²) in [5, 5.41) is 13.4. The second kappa shape index (κ2) is 4.28. The van der Waals surface area contributed by atoms with Crippen molar-refractivity contribution in [2.75, 3.05) is 0 Å². The predicted octanol–water partition coefficient (Wildman–Crippen LogP) is 0.986. The van der Waals surface area contributed by atoms with E-state index < -0.39 is 4.92 Å². The molecule has 3 nitrogen and oxygen atoms in total. The quantitative estimate of drug-likeness (QED) is 0.426. The van der Waals surface area contributed by atoms with Crippen LogP contribution in [0.4, 0.5) is 0 Å². The molecule has 0 heterocycles. The number of benzene rings is 1. The summed E-state index contributed by atoms with van der Waals surface area (Å²) in [7, 11) is 0. The highest BCUT2D eigenvalue weighted by molar-refractivity contribution is 7.88. The van der Waals surface area contributed by atoms with Crippen LogP contribution in [0, 0.1) is 24.0 Å². The number of hydrogen-bond acceptors (Lipinski definition) is 3. The molecule has 0 aliphatic carbocycles. The van der Waals surface area contributed by atoms with Crippen LogP contribution in [0.25, 0.3) is 11.6 Å². The van der Waals surface area contributed by atoms with Gasteiger partial charge >= 0.3 is 0 Å². The second-order valence-electron chi connectivity index (χ2n) is 3.13. The maximum absolute atomic E-state index is 10.4. The fourth-order valence-electron chi connectivity index (χ4n) is 1.41. The third-order valence-corrected chi connectivity index (χ3v) is 2.19. The van der Waals surface area contributed by atoms with Gasteiger partial charge in [0.05, 0.1) is 10.1 Å². The first-order chi connectivity index (χ1) is 6.54. The van der Waals surface area contributed by atoms with Crippen LogP contribution in [0.5, 0.6) is 0 Å². The molecule has 0 unspecified atom stereocenters. The van der Waals surface area contributed by atoms with Gasteiger partial charge in [0, 0.05) is 0 Å². The van der Waals surface area contributed by atoms with Gasteiger partial charge in [-0.15, -0.1) is 0 Å². The molecule has 0 amide bonds. The van der Waals surface area contributed by atoms with Crippen LogP contribution in [-0.2, 0) is 0 Å². The number of hydrogen-bond donors (Lipinski definition) is 1. The van der Waals surface area contributed by atoms with E-state index in [1.54, 1.807) is 11.5 Å². The first-order valence-electron chi connectivity index (χ1n) is 4.11. The van der Waals surface area contributed by atoms with Crippen molar-refractivity contribution in [2.45, 2.75) is 13.8 Å². The summed E-state index contributed by atoms with van der Waals surface area (Å²) in [6.07, 6.45) is 1.00. The fraction of sp³-hybridized carbons (Fsp3) is 0.200. The van der Waals surface area contributed by atoms with Crippen molar-refractivity contribution in [3.05, 3.63) is 43.8 Å². The van der Waals surface area contributed by atoms with Crippen molar-refractivity contribution in [3.8, 4) is 0 Å². The zero-order valence-electron chi connectivity index (χ0n) is 8.02. The molecule has 0 radical (unpaired) electrons. The fourth-order valence-corrected chi connectivity index (χ4v) is 1.76. The summed E-state index contributed by atoms with van der Waals surface area (Å²) in [5.41, 5.74) is 2.00. The van der Waals surface area contributed by atoms with E-state index in [0.29, 0.717) is 5.22 Å². The Hall–Kier alpha value is -1.29. The van der Waals surface area contributed by atoms with Crippen molar-refractivity contribution in [1.82, 2.24) is 0 Å². The van der Waals surface area contributed by atoms with E-state index in [-0.39, 0.29) is 0 Å². The highest BCUT2D eigenvalue weighted by Gasteiger charge is 1.96. The van der Waals surface area contributed by atoms with Crippen LogP contribution < -0.4 is 10.4 Å². The van der Waals surface area contributed by atoms with Crippen LogP contribution in [0.15, 0.2) is 12.1 Å². The number of thiol groups is 1. The molecule has 14 heavy (non-hydrogen) atoms. The topological polar surface area (TPSA) is 43.1 Å². The molecule has 0 N–H and O–H groups in total. The van der Waals surface area contributed by atoms with Gasteiger partial charge in [-0.1, -0.05) is 11.6 Å². The Balaban J connectivity index is 3.66. The maximum Gasteiger partial charge on any atom is 0.242 e. The lowest BCUT2D eigenvalue weighted by atomic mass is 10.1. The first-order valence-corrected chi connectivity index (χ1v) is 4.63. The molecular weight excluding hydrogens is 198 g/mol. The molecule has 0 aliphatic rings. The molecule has 0 atom stereocenters. The molecule has 74 valence electrons. The minimum absolute atomic E-state index is 0.449. The molecule has 0 saturated heterocycles. The molecule has 4 heteroatoms. The molecule has 1 aromatic rings. The van der Waals surface area contributed by atoms with E-state index in [1.165, 1.54) is 0 Å². The van der Waals surface area contributed by atoms with E-state index in [1.807, 2.05) is 19.9 Å². The third kappa shape index (κ3) is 2.35. The number of nitrogens with zero attached hydrogens (tertiary/aromatic N) is 1. The molecule has 0 aromatic heterocycles. The molecule has 0 spiro atoms. The van der Waals surface area contributed by atoms with Crippen molar-refractivity contribution in [1.29, 1.82) is 0 Å². The number of aryl methyl sites for hydroxylation is 2. The van der Waals surface area contributed by atoms with E-state index in [0.717, 1.165) is 22.5 Å².